The number of morpholine rings is 1. The van der Waals surface area contributed by atoms with Gasteiger partial charge in [0, 0.05) is 31.6 Å². The molecule has 6 nitrogen and oxygen atoms in total. The molecule has 2 aliphatic heterocycles. The smallest absolute Gasteiger partial charge is 0.245 e. The monoisotopic (exact) mass is 363 g/mol. The maximum atomic E-state index is 13.4. The molecule has 2 saturated heterocycles. The molecule has 0 aromatic heterocycles. The quantitative estimate of drug-likeness (QED) is 0.804. The van der Waals surface area contributed by atoms with Crippen LogP contribution in [0.4, 0.5) is 0 Å². The molecule has 0 spiro atoms. The Hall–Kier alpha value is -1.14. The molecule has 2 saturated carbocycles. The second-order valence-corrected chi connectivity index (χ2v) is 8.68. The summed E-state index contributed by atoms with van der Waals surface area (Å²) in [5.74, 6) is 1.42. The number of rotatable bonds is 2. The Morgan fingerprint density at radius 1 is 0.846 bits per heavy atom. The standard InChI is InChI=1S/C20H33N3O3/c21-18-14-4-3-5-15(18)13-16(12-14)19(24)23-7-2-1-6-17(23)20(25)22-8-10-26-11-9-22/h14-18H,1-13,21H2. The minimum atomic E-state index is -0.259. The van der Waals surface area contributed by atoms with Gasteiger partial charge < -0.3 is 20.3 Å². The predicted octanol–water partition coefficient (Wildman–Crippen LogP) is 1.38. The average Bonchev–Trinajstić information content (AvgIpc) is 2.67. The van der Waals surface area contributed by atoms with Gasteiger partial charge in [-0.3, -0.25) is 9.59 Å². The van der Waals surface area contributed by atoms with Crippen molar-refractivity contribution < 1.29 is 14.3 Å². The van der Waals surface area contributed by atoms with E-state index in [1.165, 1.54) is 6.42 Å². The van der Waals surface area contributed by atoms with Crippen LogP contribution in [0, 0.1) is 17.8 Å². The number of nitrogens with two attached hydrogens (primary N) is 1. The summed E-state index contributed by atoms with van der Waals surface area (Å²) in [6.45, 7) is 3.25. The van der Waals surface area contributed by atoms with Crippen molar-refractivity contribution in [2.45, 2.75) is 63.5 Å². The van der Waals surface area contributed by atoms with Crippen molar-refractivity contribution in [2.24, 2.45) is 23.5 Å². The summed E-state index contributed by atoms with van der Waals surface area (Å²) in [7, 11) is 0. The zero-order valence-electron chi connectivity index (χ0n) is 15.8. The van der Waals surface area contributed by atoms with E-state index in [0.29, 0.717) is 38.1 Å². The van der Waals surface area contributed by atoms with Gasteiger partial charge in [-0.2, -0.15) is 0 Å². The molecule has 2 heterocycles. The van der Waals surface area contributed by atoms with Gasteiger partial charge in [0.15, 0.2) is 0 Å². The van der Waals surface area contributed by atoms with E-state index in [1.807, 2.05) is 9.80 Å². The second kappa shape index (κ2) is 7.85. The number of ether oxygens (including phenoxy) is 1. The fraction of sp³-hybridized carbons (Fsp3) is 0.900. The van der Waals surface area contributed by atoms with Crippen molar-refractivity contribution >= 4 is 11.8 Å². The number of carbonyl (C=O) groups excluding carboxylic acids is 2. The van der Waals surface area contributed by atoms with Gasteiger partial charge in [0.05, 0.1) is 13.2 Å². The van der Waals surface area contributed by atoms with Crippen LogP contribution in [0.3, 0.4) is 0 Å². The molecule has 2 N–H and O–H groups in total. The van der Waals surface area contributed by atoms with E-state index in [2.05, 4.69) is 0 Å². The van der Waals surface area contributed by atoms with Crippen molar-refractivity contribution in [3.8, 4) is 0 Å². The Bertz CT molecular complexity index is 520. The first-order valence-electron chi connectivity index (χ1n) is 10.6. The van der Waals surface area contributed by atoms with Gasteiger partial charge in [0.1, 0.15) is 6.04 Å². The SMILES string of the molecule is NC1C2CCCC1CC(C(=O)N1CCCCC1C(=O)N1CCOCC1)C2. The summed E-state index contributed by atoms with van der Waals surface area (Å²) >= 11 is 0. The number of hydrogen-bond acceptors (Lipinski definition) is 4. The van der Waals surface area contributed by atoms with E-state index in [0.717, 1.165) is 51.5 Å². The number of carbonyl (C=O) groups is 2. The molecule has 3 atom stereocenters. The highest BCUT2D eigenvalue weighted by molar-refractivity contribution is 5.89. The lowest BCUT2D eigenvalue weighted by molar-refractivity contribution is -0.153. The third kappa shape index (κ3) is 3.50. The zero-order valence-corrected chi connectivity index (χ0v) is 15.8. The average molecular weight is 364 g/mol. The number of nitrogens with zero attached hydrogens (tertiary/aromatic N) is 2. The molecule has 26 heavy (non-hydrogen) atoms. The third-order valence-corrected chi connectivity index (χ3v) is 7.16. The minimum absolute atomic E-state index is 0.0724. The summed E-state index contributed by atoms with van der Waals surface area (Å²) in [6, 6.07) is 0.0183. The van der Waals surface area contributed by atoms with Crippen molar-refractivity contribution in [3.05, 3.63) is 0 Å². The highest BCUT2D eigenvalue weighted by atomic mass is 16.5. The minimum Gasteiger partial charge on any atom is -0.378 e. The van der Waals surface area contributed by atoms with Crippen LogP contribution in [0.1, 0.15) is 51.4 Å². The molecule has 3 unspecified atom stereocenters. The fourth-order valence-corrected chi connectivity index (χ4v) is 5.67. The van der Waals surface area contributed by atoms with Gasteiger partial charge in [-0.05, 0) is 56.8 Å². The Morgan fingerprint density at radius 3 is 2.23 bits per heavy atom. The normalized spacial score (nSPS) is 38.1. The molecule has 4 aliphatic rings. The Morgan fingerprint density at radius 2 is 1.54 bits per heavy atom. The van der Waals surface area contributed by atoms with Crippen molar-refractivity contribution in [1.29, 1.82) is 0 Å². The lowest BCUT2D eigenvalue weighted by atomic mass is 9.64. The van der Waals surface area contributed by atoms with E-state index in [4.69, 9.17) is 10.5 Å². The van der Waals surface area contributed by atoms with Gasteiger partial charge in [0.2, 0.25) is 11.8 Å². The molecule has 4 fully saturated rings. The van der Waals surface area contributed by atoms with E-state index in [-0.39, 0.29) is 29.8 Å². The third-order valence-electron chi connectivity index (χ3n) is 7.16. The molecule has 6 heteroatoms. The topological polar surface area (TPSA) is 75.9 Å². The Labute approximate surface area is 156 Å². The fourth-order valence-electron chi connectivity index (χ4n) is 5.67. The van der Waals surface area contributed by atoms with Crippen LogP contribution in [0.5, 0.6) is 0 Å². The van der Waals surface area contributed by atoms with Crippen LogP contribution >= 0.6 is 0 Å². The molecule has 0 aromatic rings. The van der Waals surface area contributed by atoms with Crippen LogP contribution in [-0.4, -0.2) is 66.5 Å². The van der Waals surface area contributed by atoms with Gasteiger partial charge in [-0.15, -0.1) is 0 Å². The van der Waals surface area contributed by atoms with Crippen LogP contribution < -0.4 is 5.73 Å². The van der Waals surface area contributed by atoms with E-state index < -0.39 is 0 Å². The molecule has 2 amide bonds. The van der Waals surface area contributed by atoms with E-state index in [1.54, 1.807) is 0 Å². The van der Waals surface area contributed by atoms with Crippen LogP contribution in [-0.2, 0) is 14.3 Å². The molecule has 146 valence electrons. The number of fused-ring (bicyclic) bond motifs is 2. The maximum Gasteiger partial charge on any atom is 0.245 e. The summed E-state index contributed by atoms with van der Waals surface area (Å²) in [6.07, 6.45) is 8.28. The Kier molecular flexibility index (Phi) is 5.50. The summed E-state index contributed by atoms with van der Waals surface area (Å²) in [5, 5.41) is 0. The first kappa shape index (κ1) is 18.2. The predicted molar refractivity (Wildman–Crippen MR) is 98.3 cm³/mol. The number of piperidine rings is 1. The number of amides is 2. The molecular formula is C20H33N3O3. The van der Waals surface area contributed by atoms with Crippen LogP contribution in [0.2, 0.25) is 0 Å². The highest BCUT2D eigenvalue weighted by Gasteiger charge is 2.44. The van der Waals surface area contributed by atoms with Gasteiger partial charge >= 0.3 is 0 Å². The van der Waals surface area contributed by atoms with Crippen molar-refractivity contribution in [1.82, 2.24) is 9.80 Å². The van der Waals surface area contributed by atoms with Crippen molar-refractivity contribution in [3.63, 3.8) is 0 Å². The van der Waals surface area contributed by atoms with Crippen LogP contribution in [0.25, 0.3) is 0 Å². The van der Waals surface area contributed by atoms with Gasteiger partial charge in [0.25, 0.3) is 0 Å². The lowest BCUT2D eigenvalue weighted by Crippen LogP contribution is -2.57. The molecule has 0 aromatic carbocycles. The number of likely N-dealkylation sites (tertiary alicyclic amines) is 1. The maximum absolute atomic E-state index is 13.4. The van der Waals surface area contributed by atoms with Gasteiger partial charge in [-0.25, -0.2) is 0 Å². The Balaban J connectivity index is 1.45. The van der Waals surface area contributed by atoms with E-state index in [9.17, 15) is 9.59 Å². The first-order chi connectivity index (χ1) is 12.6. The first-order valence-corrected chi connectivity index (χ1v) is 10.6. The van der Waals surface area contributed by atoms with E-state index >= 15 is 0 Å². The van der Waals surface area contributed by atoms with Crippen LogP contribution in [0.15, 0.2) is 0 Å². The summed E-state index contributed by atoms with van der Waals surface area (Å²) < 4.78 is 5.37. The molecular weight excluding hydrogens is 330 g/mol. The molecule has 2 bridgehead atoms. The summed E-state index contributed by atoms with van der Waals surface area (Å²) in [4.78, 5) is 30.3. The molecule has 4 rings (SSSR count). The van der Waals surface area contributed by atoms with Crippen molar-refractivity contribution in [2.75, 3.05) is 32.8 Å². The number of hydrogen-bond donors (Lipinski definition) is 1. The molecule has 2 aliphatic carbocycles. The second-order valence-electron chi connectivity index (χ2n) is 8.68. The summed E-state index contributed by atoms with van der Waals surface area (Å²) in [5.41, 5.74) is 6.40. The largest absolute Gasteiger partial charge is 0.378 e. The zero-order chi connectivity index (χ0) is 18.1. The molecule has 0 radical (unpaired) electrons. The van der Waals surface area contributed by atoms with Gasteiger partial charge in [-0.1, -0.05) is 6.42 Å². The lowest BCUT2D eigenvalue weighted by Gasteiger charge is -2.46. The highest BCUT2D eigenvalue weighted by Crippen LogP contribution is 2.43.